The van der Waals surface area contributed by atoms with Crippen LogP contribution in [0.25, 0.3) is 5.69 Å². The molecule has 4 nitrogen and oxygen atoms in total. The molecule has 0 aliphatic carbocycles. The number of nitrogens with zero attached hydrogens (tertiary/aromatic N) is 2. The Bertz CT molecular complexity index is 734. The minimum atomic E-state index is -4.59. The molecule has 0 fully saturated rings. The molecular weight excluding hydrogens is 356 g/mol. The van der Waals surface area contributed by atoms with Gasteiger partial charge in [0.2, 0.25) is 0 Å². The molecule has 0 spiro atoms. The molecule has 0 radical (unpaired) electrons. The molecule has 0 aliphatic rings. The van der Waals surface area contributed by atoms with Crippen molar-refractivity contribution in [2.45, 2.75) is 20.0 Å². The van der Waals surface area contributed by atoms with Gasteiger partial charge in [-0.05, 0) is 32.0 Å². The summed E-state index contributed by atoms with van der Waals surface area (Å²) in [7, 11) is 0. The van der Waals surface area contributed by atoms with Crippen molar-refractivity contribution in [3.8, 4) is 5.69 Å². The Morgan fingerprint density at radius 2 is 1.83 bits per heavy atom. The van der Waals surface area contributed by atoms with Crippen LogP contribution < -0.4 is 0 Å². The lowest BCUT2D eigenvalue weighted by molar-refractivity contribution is -0.137. The van der Waals surface area contributed by atoms with E-state index < -0.39 is 17.7 Å². The van der Waals surface area contributed by atoms with E-state index in [4.69, 9.17) is 27.9 Å². The van der Waals surface area contributed by atoms with E-state index in [-0.39, 0.29) is 28.0 Å². The zero-order valence-electron chi connectivity index (χ0n) is 12.0. The van der Waals surface area contributed by atoms with Crippen molar-refractivity contribution in [3.63, 3.8) is 0 Å². The van der Waals surface area contributed by atoms with Crippen molar-refractivity contribution < 1.29 is 22.7 Å². The number of aryl methyl sites for hydroxylation is 1. The lowest BCUT2D eigenvalue weighted by Gasteiger charge is -2.14. The predicted molar refractivity (Wildman–Crippen MR) is 79.3 cm³/mol. The summed E-state index contributed by atoms with van der Waals surface area (Å²) in [5.74, 6) is -0.680. The first-order valence-corrected chi connectivity index (χ1v) is 7.21. The molecule has 0 amide bonds. The molecule has 1 aromatic heterocycles. The molecule has 2 aromatic rings. The van der Waals surface area contributed by atoms with E-state index in [1.807, 2.05) is 0 Å². The highest BCUT2D eigenvalue weighted by Crippen LogP contribution is 2.37. The van der Waals surface area contributed by atoms with E-state index in [9.17, 15) is 18.0 Å². The zero-order chi connectivity index (χ0) is 17.4. The molecule has 0 aliphatic heterocycles. The highest BCUT2D eigenvalue weighted by atomic mass is 35.5. The van der Waals surface area contributed by atoms with Crippen LogP contribution in [0.15, 0.2) is 18.2 Å². The van der Waals surface area contributed by atoms with Crippen LogP contribution in [0.3, 0.4) is 0 Å². The number of ether oxygens (including phenoxy) is 1. The first-order valence-electron chi connectivity index (χ1n) is 6.45. The Labute approximate surface area is 139 Å². The second-order valence-electron chi connectivity index (χ2n) is 4.59. The number of halogens is 5. The van der Waals surface area contributed by atoms with Crippen molar-refractivity contribution in [2.24, 2.45) is 0 Å². The summed E-state index contributed by atoms with van der Waals surface area (Å²) in [6, 6.07) is 2.89. The van der Waals surface area contributed by atoms with Crippen molar-refractivity contribution in [3.05, 3.63) is 45.2 Å². The lowest BCUT2D eigenvalue weighted by Crippen LogP contribution is -2.13. The summed E-state index contributed by atoms with van der Waals surface area (Å²) in [4.78, 5) is 12.0. The molecule has 0 bridgehead atoms. The largest absolute Gasteiger partial charge is 0.461 e. The average Bonchev–Trinajstić information content (AvgIpc) is 2.79. The standard InChI is InChI=1S/C14H11Cl2F3N2O2/c1-3-23-13(22)11-4-7(2)20-21(11)12-9(15)5-8(6-10(12)16)14(17,18)19/h4-6H,3H2,1-2H3. The minimum absolute atomic E-state index is 0.0162. The maximum Gasteiger partial charge on any atom is 0.416 e. The average molecular weight is 367 g/mol. The Morgan fingerprint density at radius 3 is 2.30 bits per heavy atom. The van der Waals surface area contributed by atoms with Crippen molar-refractivity contribution in [1.82, 2.24) is 9.78 Å². The number of rotatable bonds is 3. The summed E-state index contributed by atoms with van der Waals surface area (Å²) in [6.45, 7) is 3.38. The van der Waals surface area contributed by atoms with Crippen LogP contribution in [0.5, 0.6) is 0 Å². The first kappa shape index (κ1) is 17.6. The second-order valence-corrected chi connectivity index (χ2v) is 5.40. The topological polar surface area (TPSA) is 44.1 Å². The van der Waals surface area contributed by atoms with Gasteiger partial charge in [0.05, 0.1) is 27.9 Å². The molecule has 1 aromatic carbocycles. The maximum atomic E-state index is 12.8. The molecule has 0 N–H and O–H groups in total. The van der Waals surface area contributed by atoms with Crippen molar-refractivity contribution in [1.29, 1.82) is 0 Å². The number of carbonyl (C=O) groups excluding carboxylic acids is 1. The molecule has 9 heteroatoms. The second kappa shape index (κ2) is 6.41. The molecule has 0 saturated heterocycles. The van der Waals surface area contributed by atoms with E-state index in [1.165, 1.54) is 6.07 Å². The third-order valence-corrected chi connectivity index (χ3v) is 3.45. The molecule has 1 heterocycles. The Balaban J connectivity index is 2.62. The summed E-state index contributed by atoms with van der Waals surface area (Å²) >= 11 is 11.9. The Hall–Kier alpha value is -1.73. The Morgan fingerprint density at radius 1 is 1.26 bits per heavy atom. The van der Waals surface area contributed by atoms with Crippen LogP contribution in [0.1, 0.15) is 28.7 Å². The van der Waals surface area contributed by atoms with Gasteiger partial charge in [0, 0.05) is 0 Å². The number of aromatic nitrogens is 2. The third-order valence-electron chi connectivity index (χ3n) is 2.87. The van der Waals surface area contributed by atoms with Gasteiger partial charge in [0.25, 0.3) is 0 Å². The summed E-state index contributed by atoms with van der Waals surface area (Å²) in [6.07, 6.45) is -4.59. The van der Waals surface area contributed by atoms with Gasteiger partial charge in [0.15, 0.2) is 5.69 Å². The van der Waals surface area contributed by atoms with Crippen LogP contribution >= 0.6 is 23.2 Å². The number of esters is 1. The van der Waals surface area contributed by atoms with Gasteiger partial charge in [-0.2, -0.15) is 18.3 Å². The first-order chi connectivity index (χ1) is 10.6. The molecule has 124 valence electrons. The van der Waals surface area contributed by atoms with Crippen LogP contribution in [0.4, 0.5) is 13.2 Å². The number of hydrogen-bond donors (Lipinski definition) is 0. The van der Waals surface area contributed by atoms with E-state index in [2.05, 4.69) is 5.10 Å². The van der Waals surface area contributed by atoms with Crippen LogP contribution in [-0.4, -0.2) is 22.4 Å². The quantitative estimate of drug-likeness (QED) is 0.740. The number of carbonyl (C=O) groups is 1. The van der Waals surface area contributed by atoms with E-state index in [0.29, 0.717) is 5.69 Å². The van der Waals surface area contributed by atoms with Crippen molar-refractivity contribution >= 4 is 29.2 Å². The van der Waals surface area contributed by atoms with Gasteiger partial charge in [-0.3, -0.25) is 0 Å². The van der Waals surface area contributed by atoms with Gasteiger partial charge in [-0.1, -0.05) is 23.2 Å². The maximum absolute atomic E-state index is 12.8. The van der Waals surface area contributed by atoms with Gasteiger partial charge in [0.1, 0.15) is 5.69 Å². The molecule has 0 saturated carbocycles. The van der Waals surface area contributed by atoms with E-state index in [0.717, 1.165) is 16.8 Å². The van der Waals surface area contributed by atoms with Crippen LogP contribution in [0.2, 0.25) is 10.0 Å². The number of alkyl halides is 3. The molecule has 23 heavy (non-hydrogen) atoms. The summed E-state index contributed by atoms with van der Waals surface area (Å²) in [5.41, 5.74) is -0.525. The van der Waals surface area contributed by atoms with E-state index >= 15 is 0 Å². The highest BCUT2D eigenvalue weighted by Gasteiger charge is 2.32. The van der Waals surface area contributed by atoms with Crippen LogP contribution in [-0.2, 0) is 10.9 Å². The van der Waals surface area contributed by atoms with E-state index in [1.54, 1.807) is 13.8 Å². The fraction of sp³-hybridized carbons (Fsp3) is 0.286. The zero-order valence-corrected chi connectivity index (χ0v) is 13.6. The van der Waals surface area contributed by atoms with Gasteiger partial charge < -0.3 is 4.74 Å². The summed E-state index contributed by atoms with van der Waals surface area (Å²) in [5, 5.41) is 3.51. The lowest BCUT2D eigenvalue weighted by atomic mass is 10.2. The summed E-state index contributed by atoms with van der Waals surface area (Å²) < 4.78 is 44.3. The molecular formula is C14H11Cl2F3N2O2. The monoisotopic (exact) mass is 366 g/mol. The molecule has 0 atom stereocenters. The SMILES string of the molecule is CCOC(=O)c1cc(C)nn1-c1c(Cl)cc(C(F)(F)F)cc1Cl. The molecule has 0 unspecified atom stereocenters. The molecule has 2 rings (SSSR count). The number of hydrogen-bond acceptors (Lipinski definition) is 3. The Kier molecular flexibility index (Phi) is 4.91. The van der Waals surface area contributed by atoms with Gasteiger partial charge >= 0.3 is 12.1 Å². The normalized spacial score (nSPS) is 11.6. The number of benzene rings is 1. The third kappa shape index (κ3) is 3.61. The van der Waals surface area contributed by atoms with Gasteiger partial charge in [-0.25, -0.2) is 9.48 Å². The van der Waals surface area contributed by atoms with Crippen molar-refractivity contribution in [2.75, 3.05) is 6.61 Å². The predicted octanol–water partition coefficient (Wildman–Crippen LogP) is 4.68. The smallest absolute Gasteiger partial charge is 0.416 e. The minimum Gasteiger partial charge on any atom is -0.461 e. The fourth-order valence-corrected chi connectivity index (χ4v) is 2.60. The highest BCUT2D eigenvalue weighted by molar-refractivity contribution is 6.38. The van der Waals surface area contributed by atoms with Gasteiger partial charge in [-0.15, -0.1) is 0 Å². The van der Waals surface area contributed by atoms with Crippen LogP contribution in [0, 0.1) is 6.92 Å². The fourth-order valence-electron chi connectivity index (χ4n) is 1.95.